The number of hydrogen-bond acceptors (Lipinski definition) is 8. The highest BCUT2D eigenvalue weighted by Gasteiger charge is 2.34. The van der Waals surface area contributed by atoms with Crippen LogP contribution in [-0.2, 0) is 47.8 Å². The van der Waals surface area contributed by atoms with E-state index < -0.39 is 0 Å². The Balaban J connectivity index is 1.34. The summed E-state index contributed by atoms with van der Waals surface area (Å²) in [6.45, 7) is 34.6. The lowest BCUT2D eigenvalue weighted by Crippen LogP contribution is -2.45. The normalized spacial score (nSPS) is 22.8. The molecule has 4 aromatic rings. The van der Waals surface area contributed by atoms with E-state index in [2.05, 4.69) is 150 Å². The van der Waals surface area contributed by atoms with Crippen LogP contribution in [0, 0.1) is 0 Å². The van der Waals surface area contributed by atoms with Crippen LogP contribution in [0.2, 0.25) is 0 Å². The fourth-order valence-electron chi connectivity index (χ4n) is 10.0. The highest BCUT2D eigenvalue weighted by molar-refractivity contribution is 5.56. The van der Waals surface area contributed by atoms with Crippen molar-refractivity contribution in [2.24, 2.45) is 0 Å². The van der Waals surface area contributed by atoms with Crippen LogP contribution in [0.4, 0.5) is 0 Å². The van der Waals surface area contributed by atoms with Gasteiger partial charge in [0.1, 0.15) is 23.0 Å². The minimum Gasteiger partial charge on any atom is -0.496 e. The smallest absolute Gasteiger partial charge is 0.127 e. The van der Waals surface area contributed by atoms with Gasteiger partial charge in [-0.2, -0.15) is 0 Å². The Morgan fingerprint density at radius 2 is 0.677 bits per heavy atom. The number of rotatable bonds is 4. The maximum atomic E-state index is 6.35. The molecule has 4 aromatic carbocycles. The molecule has 0 amide bonds. The monoisotopic (exact) mass is 845 g/mol. The van der Waals surface area contributed by atoms with Crippen molar-refractivity contribution in [3.63, 3.8) is 0 Å². The van der Waals surface area contributed by atoms with Gasteiger partial charge in [-0.25, -0.2) is 0 Å². The number of ether oxygens (including phenoxy) is 4. The first-order valence-corrected chi connectivity index (χ1v) is 22.9. The maximum Gasteiger partial charge on any atom is 0.127 e. The lowest BCUT2D eigenvalue weighted by atomic mass is 9.72. The molecular formula is C54H76N4O4. The van der Waals surface area contributed by atoms with Crippen molar-refractivity contribution in [2.75, 3.05) is 80.8 Å². The maximum absolute atomic E-state index is 6.35. The van der Waals surface area contributed by atoms with Crippen molar-refractivity contribution in [1.82, 2.24) is 19.6 Å². The van der Waals surface area contributed by atoms with Crippen LogP contribution in [-0.4, -0.2) is 100 Å². The predicted molar refractivity (Wildman–Crippen MR) is 255 cm³/mol. The van der Waals surface area contributed by atoms with E-state index in [1.807, 2.05) is 14.2 Å². The molecule has 0 atom stereocenters. The van der Waals surface area contributed by atoms with E-state index in [0.29, 0.717) is 0 Å². The molecule has 8 heteroatoms. The van der Waals surface area contributed by atoms with E-state index in [9.17, 15) is 0 Å². The van der Waals surface area contributed by atoms with Gasteiger partial charge in [0.05, 0.1) is 28.4 Å². The second-order valence-corrected chi connectivity index (χ2v) is 21.3. The average molecular weight is 845 g/mol. The Morgan fingerprint density at radius 3 is 0.968 bits per heavy atom. The van der Waals surface area contributed by atoms with Crippen LogP contribution < -0.4 is 18.9 Å². The van der Waals surface area contributed by atoms with Crippen molar-refractivity contribution in [3.8, 4) is 23.0 Å². The average Bonchev–Trinajstić information content (AvgIpc) is 3.23. The summed E-state index contributed by atoms with van der Waals surface area (Å²) < 4.78 is 24.7. The van der Waals surface area contributed by atoms with Crippen LogP contribution >= 0.6 is 0 Å². The summed E-state index contributed by atoms with van der Waals surface area (Å²) in [7, 11) is 7.29. The van der Waals surface area contributed by atoms with E-state index in [-0.39, 0.29) is 21.7 Å². The van der Waals surface area contributed by atoms with Crippen LogP contribution in [0.5, 0.6) is 23.0 Å². The molecule has 10 rings (SSSR count). The second kappa shape index (κ2) is 17.8. The third-order valence-corrected chi connectivity index (χ3v) is 14.3. The lowest BCUT2D eigenvalue weighted by molar-refractivity contribution is 0.120. The van der Waals surface area contributed by atoms with E-state index in [4.69, 9.17) is 18.9 Å². The first-order valence-electron chi connectivity index (χ1n) is 22.9. The molecule has 2 saturated heterocycles. The zero-order valence-corrected chi connectivity index (χ0v) is 40.7. The highest BCUT2D eigenvalue weighted by Crippen LogP contribution is 2.45. The van der Waals surface area contributed by atoms with Gasteiger partial charge in [0.25, 0.3) is 0 Å². The molecule has 6 aliphatic heterocycles. The third-order valence-electron chi connectivity index (χ3n) is 14.3. The number of hydrogen-bond donors (Lipinski definition) is 0. The molecule has 6 aliphatic rings. The Hall–Kier alpha value is -4.08. The summed E-state index contributed by atoms with van der Waals surface area (Å²) in [5, 5.41) is 0. The summed E-state index contributed by atoms with van der Waals surface area (Å²) in [6, 6.07) is 23.4. The molecular weight excluding hydrogens is 769 g/mol. The van der Waals surface area contributed by atoms with E-state index in [0.717, 1.165) is 102 Å². The van der Waals surface area contributed by atoms with Gasteiger partial charge in [0.2, 0.25) is 0 Å². The minimum absolute atomic E-state index is 0.107. The summed E-state index contributed by atoms with van der Waals surface area (Å²) >= 11 is 0. The Labute approximate surface area is 374 Å². The molecule has 12 bridgehead atoms. The molecule has 0 N–H and O–H groups in total. The van der Waals surface area contributed by atoms with E-state index in [1.54, 1.807) is 14.2 Å². The van der Waals surface area contributed by atoms with Crippen molar-refractivity contribution in [1.29, 1.82) is 0 Å². The number of piperazine rings is 2. The molecule has 0 aromatic heterocycles. The zero-order chi connectivity index (χ0) is 44.8. The summed E-state index contributed by atoms with van der Waals surface area (Å²) in [4.78, 5) is 10.4. The van der Waals surface area contributed by atoms with Crippen molar-refractivity contribution >= 4 is 0 Å². The van der Waals surface area contributed by atoms with Crippen LogP contribution in [0.25, 0.3) is 0 Å². The number of benzene rings is 4. The zero-order valence-electron chi connectivity index (χ0n) is 40.7. The summed E-state index contributed by atoms with van der Waals surface area (Å²) in [5.74, 6) is 3.94. The predicted octanol–water partition coefficient (Wildman–Crippen LogP) is 9.92. The van der Waals surface area contributed by atoms with Gasteiger partial charge in [0, 0.05) is 123 Å². The Kier molecular flexibility index (Phi) is 13.2. The first-order chi connectivity index (χ1) is 29.3. The molecule has 62 heavy (non-hydrogen) atoms. The molecule has 6 heterocycles. The Bertz CT molecular complexity index is 2060. The second-order valence-electron chi connectivity index (χ2n) is 21.3. The molecule has 8 nitrogen and oxygen atoms in total. The van der Waals surface area contributed by atoms with Crippen molar-refractivity contribution in [2.45, 2.75) is 117 Å². The molecule has 0 saturated carbocycles. The lowest BCUT2D eigenvalue weighted by Gasteiger charge is -2.38. The molecule has 0 spiro atoms. The van der Waals surface area contributed by atoms with Crippen molar-refractivity contribution < 1.29 is 18.9 Å². The fraction of sp³-hybridized carbons (Fsp3) is 0.556. The molecule has 0 unspecified atom stereocenters. The molecule has 0 radical (unpaired) electrons. The SMILES string of the molecule is COc1ccc2cc1CN1CCN(CC1)Cc1cc(cc(C(C)(C)C)c1OC)C(C)(C)c1cc(c(OC)c(C(C)(C)C)c1)CN1CCN(CC1)Cc1cc(ccc1OC)C2(C)C. The van der Waals surface area contributed by atoms with Crippen molar-refractivity contribution in [3.05, 3.63) is 116 Å². The van der Waals surface area contributed by atoms with Crippen LogP contribution in [0.3, 0.4) is 0 Å². The first kappa shape index (κ1) is 45.9. The molecule has 2 fully saturated rings. The van der Waals surface area contributed by atoms with Gasteiger partial charge in [-0.3, -0.25) is 19.6 Å². The van der Waals surface area contributed by atoms with Gasteiger partial charge in [-0.1, -0.05) is 93.5 Å². The fourth-order valence-corrected chi connectivity index (χ4v) is 10.0. The molecule has 0 aliphatic carbocycles. The van der Waals surface area contributed by atoms with Gasteiger partial charge in [-0.15, -0.1) is 0 Å². The van der Waals surface area contributed by atoms with Crippen LogP contribution in [0.1, 0.15) is 125 Å². The number of methoxy groups -OCH3 is 4. The summed E-state index contributed by atoms with van der Waals surface area (Å²) in [5.41, 5.74) is 12.0. The molecule has 336 valence electrons. The number of nitrogens with zero attached hydrogens (tertiary/aromatic N) is 4. The minimum atomic E-state index is -0.291. The topological polar surface area (TPSA) is 49.9 Å². The third kappa shape index (κ3) is 9.40. The summed E-state index contributed by atoms with van der Waals surface area (Å²) in [6.07, 6.45) is 0. The largest absolute Gasteiger partial charge is 0.496 e. The quantitative estimate of drug-likeness (QED) is 0.201. The highest BCUT2D eigenvalue weighted by atomic mass is 16.5. The van der Waals surface area contributed by atoms with Crippen LogP contribution in [0.15, 0.2) is 60.7 Å². The van der Waals surface area contributed by atoms with E-state index in [1.165, 1.54) is 55.6 Å². The van der Waals surface area contributed by atoms with Gasteiger partial charge < -0.3 is 18.9 Å². The van der Waals surface area contributed by atoms with Gasteiger partial charge >= 0.3 is 0 Å². The van der Waals surface area contributed by atoms with E-state index >= 15 is 0 Å². The van der Waals surface area contributed by atoms with Gasteiger partial charge in [-0.05, 0) is 69.5 Å². The standard InChI is InChI=1S/C54H76N4O4/c1-51(2,3)45-31-43-29-39(49(45)61-13)35-57-23-19-55(20-24-57)33-37-27-41(15-17-47(37)59-11)53(7,8)42-16-18-48(60-12)38(28-42)34-56-21-25-58(26-22-56)36-40-30-44(54(43,9)10)32-46(50(40)62-14)52(4,5)6/h15-18,27-32H,19-26,33-36H2,1-14H3. The Morgan fingerprint density at radius 1 is 0.387 bits per heavy atom. The van der Waals surface area contributed by atoms with Gasteiger partial charge in [0.15, 0.2) is 0 Å².